The molecule has 1 aliphatic carbocycles. The third-order valence-electron chi connectivity index (χ3n) is 2.39. The fourth-order valence-corrected chi connectivity index (χ4v) is 2.20. The maximum atomic E-state index is 11.3. The normalized spacial score (nSPS) is 15.3. The number of ether oxygens (including phenoxy) is 1. The third-order valence-corrected chi connectivity index (χ3v) is 3.01. The Morgan fingerprint density at radius 3 is 2.71 bits per heavy atom. The van der Waals surface area contributed by atoms with Gasteiger partial charge in [-0.3, -0.25) is 0 Å². The topological polar surface area (TPSA) is 26.3 Å². The van der Waals surface area contributed by atoms with E-state index in [0.717, 1.165) is 3.57 Å². The van der Waals surface area contributed by atoms with Crippen molar-refractivity contribution in [1.82, 2.24) is 0 Å². The molecule has 0 atom stereocenters. The van der Waals surface area contributed by atoms with E-state index in [9.17, 15) is 4.79 Å². The molecule has 0 amide bonds. The van der Waals surface area contributed by atoms with Gasteiger partial charge in [0.25, 0.3) is 0 Å². The van der Waals surface area contributed by atoms with Gasteiger partial charge >= 0.3 is 5.97 Å². The average molecular weight is 302 g/mol. The molecule has 2 rings (SSSR count). The van der Waals surface area contributed by atoms with Crippen molar-refractivity contribution in [2.75, 3.05) is 7.11 Å². The van der Waals surface area contributed by atoms with Crippen molar-refractivity contribution in [3.63, 3.8) is 0 Å². The first-order valence-corrected chi connectivity index (χ1v) is 5.67. The predicted molar refractivity (Wildman–Crippen MR) is 62.5 cm³/mol. The lowest BCUT2D eigenvalue weighted by atomic mass is 10.1. The highest BCUT2D eigenvalue weighted by Crippen LogP contribution is 2.40. The molecule has 0 bridgehead atoms. The Hall–Kier alpha value is -0.580. The van der Waals surface area contributed by atoms with E-state index in [1.165, 1.54) is 25.5 Å². The van der Waals surface area contributed by atoms with E-state index in [0.29, 0.717) is 11.5 Å². The van der Waals surface area contributed by atoms with Crippen LogP contribution in [-0.4, -0.2) is 13.1 Å². The third kappa shape index (κ3) is 2.08. The van der Waals surface area contributed by atoms with Gasteiger partial charge in [0.15, 0.2) is 0 Å². The number of benzene rings is 1. The van der Waals surface area contributed by atoms with E-state index in [4.69, 9.17) is 4.74 Å². The van der Waals surface area contributed by atoms with E-state index < -0.39 is 0 Å². The van der Waals surface area contributed by atoms with Gasteiger partial charge in [0.05, 0.1) is 12.7 Å². The first-order chi connectivity index (χ1) is 6.70. The summed E-state index contributed by atoms with van der Waals surface area (Å²) in [6.45, 7) is 0. The van der Waals surface area contributed by atoms with E-state index >= 15 is 0 Å². The number of methoxy groups -OCH3 is 1. The fourth-order valence-electron chi connectivity index (χ4n) is 1.50. The van der Waals surface area contributed by atoms with Crippen molar-refractivity contribution in [3.05, 3.63) is 32.9 Å². The zero-order valence-electron chi connectivity index (χ0n) is 7.92. The first-order valence-electron chi connectivity index (χ1n) is 4.59. The number of hydrogen-bond acceptors (Lipinski definition) is 2. The van der Waals surface area contributed by atoms with Crippen molar-refractivity contribution in [1.29, 1.82) is 0 Å². The summed E-state index contributed by atoms with van der Waals surface area (Å²) in [7, 11) is 1.42. The van der Waals surface area contributed by atoms with Crippen molar-refractivity contribution >= 4 is 28.6 Å². The molecule has 0 unspecified atom stereocenters. The second-order valence-corrected chi connectivity index (χ2v) is 4.78. The van der Waals surface area contributed by atoms with Crippen LogP contribution >= 0.6 is 22.6 Å². The van der Waals surface area contributed by atoms with Crippen LogP contribution in [0.15, 0.2) is 18.2 Å². The molecular weight excluding hydrogens is 291 g/mol. The lowest BCUT2D eigenvalue weighted by molar-refractivity contribution is 0.0600. The molecular formula is C11H11IO2. The summed E-state index contributed by atoms with van der Waals surface area (Å²) < 4.78 is 5.81. The second-order valence-electron chi connectivity index (χ2n) is 3.54. The number of rotatable bonds is 2. The zero-order chi connectivity index (χ0) is 10.1. The van der Waals surface area contributed by atoms with Gasteiger partial charge in [0.2, 0.25) is 0 Å². The summed E-state index contributed by atoms with van der Waals surface area (Å²) in [5, 5.41) is 0. The van der Waals surface area contributed by atoms with Gasteiger partial charge in [-0.05, 0) is 65.1 Å². The van der Waals surface area contributed by atoms with Crippen LogP contribution in [0.4, 0.5) is 0 Å². The van der Waals surface area contributed by atoms with Gasteiger partial charge in [0.1, 0.15) is 0 Å². The Balaban J connectivity index is 2.35. The van der Waals surface area contributed by atoms with Gasteiger partial charge in [0, 0.05) is 3.57 Å². The van der Waals surface area contributed by atoms with Crippen LogP contribution in [0.3, 0.4) is 0 Å². The van der Waals surface area contributed by atoms with Crippen molar-refractivity contribution in [2.24, 2.45) is 0 Å². The van der Waals surface area contributed by atoms with Gasteiger partial charge < -0.3 is 4.74 Å². The molecule has 0 spiro atoms. The standard InChI is InChI=1S/C11H11IO2/c1-14-11(13)9-4-8(7-2-3-7)5-10(12)6-9/h4-7H,2-3H2,1H3. The van der Waals surface area contributed by atoms with Crippen molar-refractivity contribution in [3.8, 4) is 0 Å². The molecule has 3 heteroatoms. The molecule has 2 nitrogen and oxygen atoms in total. The summed E-state index contributed by atoms with van der Waals surface area (Å²) in [6.07, 6.45) is 2.50. The van der Waals surface area contributed by atoms with Gasteiger partial charge in [-0.25, -0.2) is 4.79 Å². The molecule has 0 radical (unpaired) electrons. The quantitative estimate of drug-likeness (QED) is 0.620. The van der Waals surface area contributed by atoms with Gasteiger partial charge in [-0.2, -0.15) is 0 Å². The molecule has 1 aliphatic rings. The molecule has 0 aliphatic heterocycles. The number of carbonyl (C=O) groups is 1. The monoisotopic (exact) mass is 302 g/mol. The highest BCUT2D eigenvalue weighted by atomic mass is 127. The molecule has 0 N–H and O–H groups in total. The SMILES string of the molecule is COC(=O)c1cc(I)cc(C2CC2)c1. The summed E-state index contributed by atoms with van der Waals surface area (Å²) in [4.78, 5) is 11.3. The average Bonchev–Trinajstić information content (AvgIpc) is 2.98. The fraction of sp³-hybridized carbons (Fsp3) is 0.364. The van der Waals surface area contributed by atoms with Crippen LogP contribution in [0.2, 0.25) is 0 Å². The van der Waals surface area contributed by atoms with Crippen LogP contribution in [0, 0.1) is 3.57 Å². The minimum atomic E-state index is -0.245. The molecule has 14 heavy (non-hydrogen) atoms. The van der Waals surface area contributed by atoms with E-state index in [1.54, 1.807) is 0 Å². The molecule has 1 aromatic rings. The summed E-state index contributed by atoms with van der Waals surface area (Å²) in [5.74, 6) is 0.429. The number of halogens is 1. The summed E-state index contributed by atoms with van der Waals surface area (Å²) in [6, 6.07) is 5.95. The maximum absolute atomic E-state index is 11.3. The molecule has 1 fully saturated rings. The number of esters is 1. The number of carbonyl (C=O) groups excluding carboxylic acids is 1. The summed E-state index contributed by atoms with van der Waals surface area (Å²) >= 11 is 2.23. The van der Waals surface area contributed by atoms with Crippen LogP contribution in [0.1, 0.15) is 34.7 Å². The first kappa shape index (κ1) is 9.96. The zero-order valence-corrected chi connectivity index (χ0v) is 10.1. The molecule has 0 aromatic heterocycles. The number of hydrogen-bond donors (Lipinski definition) is 0. The van der Waals surface area contributed by atoms with Crippen LogP contribution in [-0.2, 0) is 4.74 Å². The Labute approximate surface area is 96.8 Å². The van der Waals surface area contributed by atoms with E-state index in [1.807, 2.05) is 12.1 Å². The summed E-state index contributed by atoms with van der Waals surface area (Å²) in [5.41, 5.74) is 1.94. The second kappa shape index (κ2) is 3.88. The van der Waals surface area contributed by atoms with E-state index in [2.05, 4.69) is 28.7 Å². The Morgan fingerprint density at radius 1 is 1.43 bits per heavy atom. The molecule has 1 saturated carbocycles. The van der Waals surface area contributed by atoms with Gasteiger partial charge in [-0.1, -0.05) is 0 Å². The highest BCUT2D eigenvalue weighted by molar-refractivity contribution is 14.1. The van der Waals surface area contributed by atoms with Gasteiger partial charge in [-0.15, -0.1) is 0 Å². The lowest BCUT2D eigenvalue weighted by Crippen LogP contribution is -2.02. The van der Waals surface area contributed by atoms with Crippen molar-refractivity contribution < 1.29 is 9.53 Å². The lowest BCUT2D eigenvalue weighted by Gasteiger charge is -2.04. The Bertz CT molecular complexity index is 370. The maximum Gasteiger partial charge on any atom is 0.337 e. The predicted octanol–water partition coefficient (Wildman–Crippen LogP) is 2.96. The molecule has 0 heterocycles. The molecule has 1 aromatic carbocycles. The minimum Gasteiger partial charge on any atom is -0.465 e. The smallest absolute Gasteiger partial charge is 0.337 e. The van der Waals surface area contributed by atoms with Crippen LogP contribution < -0.4 is 0 Å². The van der Waals surface area contributed by atoms with Crippen molar-refractivity contribution in [2.45, 2.75) is 18.8 Å². The highest BCUT2D eigenvalue weighted by Gasteiger charge is 2.24. The van der Waals surface area contributed by atoms with E-state index in [-0.39, 0.29) is 5.97 Å². The van der Waals surface area contributed by atoms with Crippen LogP contribution in [0.25, 0.3) is 0 Å². The Kier molecular flexibility index (Phi) is 2.76. The molecule has 74 valence electrons. The van der Waals surface area contributed by atoms with Crippen LogP contribution in [0.5, 0.6) is 0 Å². The molecule has 0 saturated heterocycles. The minimum absolute atomic E-state index is 0.245. The Morgan fingerprint density at radius 2 is 2.14 bits per heavy atom. The largest absolute Gasteiger partial charge is 0.465 e.